The predicted octanol–water partition coefficient (Wildman–Crippen LogP) is 5.52. The van der Waals surface area contributed by atoms with E-state index in [2.05, 4.69) is 10.2 Å². The number of ether oxygens (including phenoxy) is 3. The van der Waals surface area contributed by atoms with E-state index in [4.69, 9.17) is 18.6 Å². The molecule has 0 aliphatic carbocycles. The molecule has 0 amide bonds. The quantitative estimate of drug-likeness (QED) is 0.246. The van der Waals surface area contributed by atoms with Crippen LogP contribution in [-0.4, -0.2) is 42.1 Å². The van der Waals surface area contributed by atoms with Gasteiger partial charge in [-0.2, -0.15) is 0 Å². The van der Waals surface area contributed by atoms with Crippen molar-refractivity contribution in [3.8, 4) is 28.7 Å². The monoisotopic (exact) mass is 478 g/mol. The van der Waals surface area contributed by atoms with E-state index in [9.17, 15) is 9.90 Å². The molecule has 8 nitrogen and oxygen atoms in total. The number of thioether (sulfide) groups is 1. The van der Waals surface area contributed by atoms with E-state index in [0.29, 0.717) is 23.7 Å². The summed E-state index contributed by atoms with van der Waals surface area (Å²) in [6, 6.07) is 16.5. The molecule has 1 heterocycles. The fourth-order valence-electron chi connectivity index (χ4n) is 3.37. The lowest BCUT2D eigenvalue weighted by molar-refractivity contribution is -0.131. The molecule has 0 bridgehead atoms. The molecule has 9 heteroatoms. The first-order valence-corrected chi connectivity index (χ1v) is 11.2. The van der Waals surface area contributed by atoms with Gasteiger partial charge in [0.05, 0.1) is 20.8 Å². The molecule has 0 spiro atoms. The highest BCUT2D eigenvalue weighted by Crippen LogP contribution is 2.35. The number of benzene rings is 3. The van der Waals surface area contributed by atoms with Crippen molar-refractivity contribution in [2.75, 3.05) is 20.8 Å². The summed E-state index contributed by atoms with van der Waals surface area (Å²) in [6.07, 6.45) is 1.59. The van der Waals surface area contributed by atoms with Crippen molar-refractivity contribution in [1.82, 2.24) is 10.2 Å². The van der Waals surface area contributed by atoms with Crippen molar-refractivity contribution in [2.45, 2.75) is 12.1 Å². The Kier molecular flexibility index (Phi) is 7.03. The Morgan fingerprint density at radius 1 is 1.03 bits per heavy atom. The summed E-state index contributed by atoms with van der Waals surface area (Å²) in [5.74, 6) is 0.988. The van der Waals surface area contributed by atoms with Crippen LogP contribution in [0.1, 0.15) is 12.5 Å². The Hall–Kier alpha value is -3.98. The van der Waals surface area contributed by atoms with Gasteiger partial charge in [0.25, 0.3) is 5.22 Å². The summed E-state index contributed by atoms with van der Waals surface area (Å²) in [7, 11) is 3.09. The molecule has 4 aromatic rings. The van der Waals surface area contributed by atoms with Gasteiger partial charge >= 0.3 is 5.97 Å². The Bertz CT molecular complexity index is 1340. The van der Waals surface area contributed by atoms with Crippen LogP contribution in [0.25, 0.3) is 28.3 Å². The van der Waals surface area contributed by atoms with Crippen LogP contribution < -0.4 is 14.2 Å². The predicted molar refractivity (Wildman–Crippen MR) is 129 cm³/mol. The molecule has 0 atom stereocenters. The number of fused-ring (bicyclic) bond motifs is 1. The summed E-state index contributed by atoms with van der Waals surface area (Å²) in [6.45, 7) is 2.45. The third-order valence-corrected chi connectivity index (χ3v) is 5.77. The van der Waals surface area contributed by atoms with E-state index in [0.717, 1.165) is 33.8 Å². The first-order chi connectivity index (χ1) is 16.5. The van der Waals surface area contributed by atoms with Gasteiger partial charge in [0.15, 0.2) is 0 Å². The molecular formula is C25H22N2O6S. The lowest BCUT2D eigenvalue weighted by Gasteiger charge is -2.10. The Morgan fingerprint density at radius 2 is 1.74 bits per heavy atom. The van der Waals surface area contributed by atoms with Crippen LogP contribution in [0.5, 0.6) is 17.2 Å². The van der Waals surface area contributed by atoms with Crippen molar-refractivity contribution in [3.05, 3.63) is 65.1 Å². The topological polar surface area (TPSA) is 104 Å². The fraction of sp³-hybridized carbons (Fsp3) is 0.160. The van der Waals surface area contributed by atoms with Crippen molar-refractivity contribution < 1.29 is 28.5 Å². The van der Waals surface area contributed by atoms with E-state index >= 15 is 0 Å². The number of carboxylic acids is 1. The number of carbonyl (C=O) groups is 1. The maximum absolute atomic E-state index is 12.0. The molecule has 0 radical (unpaired) electrons. The molecule has 34 heavy (non-hydrogen) atoms. The summed E-state index contributed by atoms with van der Waals surface area (Å²) >= 11 is 0.878. The van der Waals surface area contributed by atoms with Crippen LogP contribution in [0.15, 0.2) is 69.1 Å². The number of aromatic nitrogens is 2. The van der Waals surface area contributed by atoms with Crippen molar-refractivity contribution in [3.63, 3.8) is 0 Å². The number of methoxy groups -OCH3 is 2. The fourth-order valence-corrected chi connectivity index (χ4v) is 4.03. The molecule has 0 fully saturated rings. The van der Waals surface area contributed by atoms with E-state index in [-0.39, 0.29) is 16.0 Å². The van der Waals surface area contributed by atoms with Gasteiger partial charge in [-0.25, -0.2) is 4.79 Å². The van der Waals surface area contributed by atoms with Crippen LogP contribution in [-0.2, 0) is 4.79 Å². The second-order valence-electron chi connectivity index (χ2n) is 7.02. The molecule has 0 saturated heterocycles. The standard InChI is InChI=1S/C25H22N2O6S/c1-4-32-21-10-9-15(19-7-5-6-8-20(19)21)13-22(24(28)29)34-25-27-26-23(33-25)16-11-17(30-2)14-18(12-16)31-3/h5-14H,4H2,1-3H3,(H,28,29)/b22-13-. The first-order valence-electron chi connectivity index (χ1n) is 10.4. The van der Waals surface area contributed by atoms with E-state index < -0.39 is 5.97 Å². The zero-order chi connectivity index (χ0) is 24.1. The number of carboxylic acid groups (broad SMARTS) is 1. The average Bonchev–Trinajstić information content (AvgIpc) is 3.33. The minimum atomic E-state index is -1.11. The van der Waals surface area contributed by atoms with Crippen LogP contribution in [0.3, 0.4) is 0 Å². The minimum absolute atomic E-state index is 0.0349. The van der Waals surface area contributed by atoms with Gasteiger partial charge in [0, 0.05) is 17.0 Å². The van der Waals surface area contributed by atoms with Crippen molar-refractivity contribution in [1.29, 1.82) is 0 Å². The number of rotatable bonds is 9. The van der Waals surface area contributed by atoms with E-state index in [1.54, 1.807) is 38.5 Å². The zero-order valence-corrected chi connectivity index (χ0v) is 19.6. The van der Waals surface area contributed by atoms with Crippen molar-refractivity contribution >= 4 is 34.6 Å². The second kappa shape index (κ2) is 10.3. The molecule has 1 aromatic heterocycles. The largest absolute Gasteiger partial charge is 0.497 e. The number of hydrogen-bond donors (Lipinski definition) is 1. The number of aliphatic carboxylic acids is 1. The van der Waals surface area contributed by atoms with Gasteiger partial charge in [0.1, 0.15) is 22.2 Å². The number of nitrogens with zero attached hydrogens (tertiary/aromatic N) is 2. The number of hydrogen-bond acceptors (Lipinski definition) is 8. The van der Waals surface area contributed by atoms with Gasteiger partial charge in [0.2, 0.25) is 5.89 Å². The second-order valence-corrected chi connectivity index (χ2v) is 8.01. The molecule has 0 aliphatic rings. The van der Waals surface area contributed by atoms with Crippen LogP contribution in [0, 0.1) is 0 Å². The lowest BCUT2D eigenvalue weighted by atomic mass is 10.0. The highest BCUT2D eigenvalue weighted by molar-refractivity contribution is 8.03. The first kappa shape index (κ1) is 23.2. The van der Waals surface area contributed by atoms with Gasteiger partial charge < -0.3 is 23.7 Å². The zero-order valence-electron chi connectivity index (χ0n) is 18.8. The van der Waals surface area contributed by atoms with Crippen molar-refractivity contribution in [2.24, 2.45) is 0 Å². The van der Waals surface area contributed by atoms with Gasteiger partial charge in [-0.15, -0.1) is 10.2 Å². The average molecular weight is 479 g/mol. The maximum atomic E-state index is 12.0. The summed E-state index contributed by atoms with van der Waals surface area (Å²) in [5, 5.41) is 19.8. The highest BCUT2D eigenvalue weighted by atomic mass is 32.2. The molecule has 1 N–H and O–H groups in total. The normalized spacial score (nSPS) is 11.4. The minimum Gasteiger partial charge on any atom is -0.497 e. The van der Waals surface area contributed by atoms with Crippen LogP contribution >= 0.6 is 11.8 Å². The molecule has 0 aliphatic heterocycles. The molecular weight excluding hydrogens is 456 g/mol. The highest BCUT2D eigenvalue weighted by Gasteiger charge is 2.18. The van der Waals surface area contributed by atoms with Gasteiger partial charge in [-0.1, -0.05) is 30.3 Å². The maximum Gasteiger partial charge on any atom is 0.342 e. The lowest BCUT2D eigenvalue weighted by Crippen LogP contribution is -1.97. The van der Waals surface area contributed by atoms with E-state index in [1.807, 2.05) is 43.3 Å². The summed E-state index contributed by atoms with van der Waals surface area (Å²) < 4.78 is 22.0. The van der Waals surface area contributed by atoms with E-state index in [1.165, 1.54) is 0 Å². The van der Waals surface area contributed by atoms with Crippen LogP contribution in [0.4, 0.5) is 0 Å². The summed E-state index contributed by atoms with van der Waals surface area (Å²) in [4.78, 5) is 12.1. The molecule has 0 unspecified atom stereocenters. The van der Waals surface area contributed by atoms with Gasteiger partial charge in [-0.05, 0) is 53.9 Å². The molecule has 4 rings (SSSR count). The Labute approximate surface area is 200 Å². The Morgan fingerprint density at radius 3 is 2.38 bits per heavy atom. The van der Waals surface area contributed by atoms with Crippen LogP contribution in [0.2, 0.25) is 0 Å². The third kappa shape index (κ3) is 4.99. The van der Waals surface area contributed by atoms with Gasteiger partial charge in [-0.3, -0.25) is 0 Å². The molecule has 3 aromatic carbocycles. The Balaban J connectivity index is 1.67. The smallest absolute Gasteiger partial charge is 0.342 e. The molecule has 174 valence electrons. The summed E-state index contributed by atoms with van der Waals surface area (Å²) in [5.41, 5.74) is 1.33. The molecule has 0 saturated carbocycles. The third-order valence-electron chi connectivity index (χ3n) is 4.92. The SMILES string of the molecule is CCOc1ccc(/C=C(\Sc2nnc(-c3cc(OC)cc(OC)c3)o2)C(=O)O)c2ccccc12.